The van der Waals surface area contributed by atoms with Gasteiger partial charge in [-0.2, -0.15) is 0 Å². The summed E-state index contributed by atoms with van der Waals surface area (Å²) < 4.78 is 32.4. The number of carbonyl (C=O) groups is 1. The molecule has 0 N–H and O–H groups in total. The number of benzene rings is 1. The summed E-state index contributed by atoms with van der Waals surface area (Å²) in [5.41, 5.74) is 0.635. The average molecular weight is 297 g/mol. The second-order valence-electron chi connectivity index (χ2n) is 6.51. The Balaban J connectivity index is 2.12. The first kappa shape index (κ1) is 15.7. The van der Waals surface area contributed by atoms with Crippen molar-refractivity contribution < 1.29 is 18.3 Å². The first-order chi connectivity index (χ1) is 9.67. The van der Waals surface area contributed by atoms with Gasteiger partial charge in [0.2, 0.25) is 0 Å². The van der Waals surface area contributed by atoms with E-state index >= 15 is 0 Å². The first-order valence-corrected chi connectivity index (χ1v) is 7.10. The molecule has 0 radical (unpaired) electrons. The molecule has 1 aromatic rings. The molecular formula is C16H21F2NO2. The number of nitrogens with zero attached hydrogens (tertiary/aromatic N) is 1. The number of halogens is 2. The Morgan fingerprint density at radius 1 is 1.33 bits per heavy atom. The largest absolute Gasteiger partial charge is 0.444 e. The van der Waals surface area contributed by atoms with Crippen molar-refractivity contribution >= 4 is 6.09 Å². The molecule has 0 fully saturated rings. The van der Waals surface area contributed by atoms with E-state index in [1.165, 1.54) is 11.0 Å². The van der Waals surface area contributed by atoms with Crippen molar-refractivity contribution in [3.63, 3.8) is 0 Å². The third kappa shape index (κ3) is 3.71. The van der Waals surface area contributed by atoms with Crippen LogP contribution in [0.25, 0.3) is 0 Å². The van der Waals surface area contributed by atoms with Crippen molar-refractivity contribution in [2.45, 2.75) is 51.7 Å². The number of rotatable bonds is 1. The van der Waals surface area contributed by atoms with E-state index in [0.717, 1.165) is 6.07 Å². The predicted molar refractivity (Wildman–Crippen MR) is 76.2 cm³/mol. The van der Waals surface area contributed by atoms with E-state index in [4.69, 9.17) is 4.74 Å². The number of amides is 1. The molecule has 1 unspecified atom stereocenters. The summed E-state index contributed by atoms with van der Waals surface area (Å²) in [6.07, 6.45) is 1.20. The molecule has 2 rings (SSSR count). The molecule has 0 spiro atoms. The Kier molecular flexibility index (Phi) is 4.21. The molecule has 1 atom stereocenters. The lowest BCUT2D eigenvalue weighted by Gasteiger charge is -2.34. The van der Waals surface area contributed by atoms with Crippen LogP contribution in [0.2, 0.25) is 0 Å². The number of aryl methyl sites for hydroxylation is 1. The Bertz CT molecular complexity index is 552. The summed E-state index contributed by atoms with van der Waals surface area (Å²) >= 11 is 0. The number of hydrogen-bond donors (Lipinski definition) is 0. The maximum absolute atomic E-state index is 13.9. The highest BCUT2D eigenvalue weighted by molar-refractivity contribution is 5.68. The topological polar surface area (TPSA) is 29.5 Å². The fourth-order valence-corrected chi connectivity index (χ4v) is 2.58. The quantitative estimate of drug-likeness (QED) is 0.791. The molecule has 116 valence electrons. The van der Waals surface area contributed by atoms with Crippen LogP contribution in [0, 0.1) is 11.6 Å². The van der Waals surface area contributed by atoms with Gasteiger partial charge in [-0.15, -0.1) is 0 Å². The molecule has 0 saturated heterocycles. The van der Waals surface area contributed by atoms with Crippen LogP contribution in [0.15, 0.2) is 12.1 Å². The van der Waals surface area contributed by atoms with Gasteiger partial charge in [0, 0.05) is 19.2 Å². The molecular weight excluding hydrogens is 276 g/mol. The van der Waals surface area contributed by atoms with Gasteiger partial charge in [-0.25, -0.2) is 13.6 Å². The molecule has 0 bridgehead atoms. The summed E-state index contributed by atoms with van der Waals surface area (Å²) in [4.78, 5) is 13.6. The highest BCUT2D eigenvalue weighted by Crippen LogP contribution is 2.28. The normalized spacial score (nSPS) is 18.1. The second-order valence-corrected chi connectivity index (χ2v) is 6.51. The SMILES string of the molecule is CN(C(=O)OC(C)(C)C)C1CCc2cc(F)cc(F)c2C1. The van der Waals surface area contributed by atoms with E-state index in [1.807, 2.05) is 0 Å². The lowest BCUT2D eigenvalue weighted by Crippen LogP contribution is -2.43. The van der Waals surface area contributed by atoms with Crippen molar-refractivity contribution in [3.05, 3.63) is 34.9 Å². The Morgan fingerprint density at radius 3 is 2.62 bits per heavy atom. The molecule has 1 aromatic carbocycles. The van der Waals surface area contributed by atoms with Crippen LogP contribution in [-0.2, 0) is 17.6 Å². The molecule has 0 aliphatic heterocycles. The molecule has 5 heteroatoms. The highest BCUT2D eigenvalue weighted by Gasteiger charge is 2.29. The Hall–Kier alpha value is -1.65. The number of fused-ring (bicyclic) bond motifs is 1. The van der Waals surface area contributed by atoms with Gasteiger partial charge in [0.05, 0.1) is 0 Å². The van der Waals surface area contributed by atoms with Gasteiger partial charge in [-0.1, -0.05) is 0 Å². The van der Waals surface area contributed by atoms with E-state index in [-0.39, 0.29) is 6.04 Å². The number of likely N-dealkylation sites (N-methyl/N-ethyl adjacent to an activating group) is 1. The van der Waals surface area contributed by atoms with Gasteiger partial charge in [0.15, 0.2) is 0 Å². The van der Waals surface area contributed by atoms with Crippen molar-refractivity contribution in [1.82, 2.24) is 4.90 Å². The van der Waals surface area contributed by atoms with Crippen LogP contribution in [0.5, 0.6) is 0 Å². The fourth-order valence-electron chi connectivity index (χ4n) is 2.58. The molecule has 1 amide bonds. The fraction of sp³-hybridized carbons (Fsp3) is 0.562. The van der Waals surface area contributed by atoms with E-state index in [9.17, 15) is 13.6 Å². The summed E-state index contributed by atoms with van der Waals surface area (Å²) in [5.74, 6) is -1.09. The van der Waals surface area contributed by atoms with Gasteiger partial charge in [-0.3, -0.25) is 0 Å². The monoisotopic (exact) mass is 297 g/mol. The van der Waals surface area contributed by atoms with Gasteiger partial charge in [0.25, 0.3) is 0 Å². The lowest BCUT2D eigenvalue weighted by atomic mass is 9.87. The van der Waals surface area contributed by atoms with Gasteiger partial charge in [0.1, 0.15) is 17.2 Å². The summed E-state index contributed by atoms with van der Waals surface area (Å²) in [7, 11) is 1.66. The number of carbonyl (C=O) groups excluding carboxylic acids is 1. The minimum absolute atomic E-state index is 0.132. The van der Waals surface area contributed by atoms with E-state index in [1.54, 1.807) is 27.8 Å². The first-order valence-electron chi connectivity index (χ1n) is 7.10. The van der Waals surface area contributed by atoms with Crippen LogP contribution >= 0.6 is 0 Å². The van der Waals surface area contributed by atoms with E-state index < -0.39 is 23.3 Å². The average Bonchev–Trinajstić information content (AvgIpc) is 2.35. The summed E-state index contributed by atoms with van der Waals surface area (Å²) in [5, 5.41) is 0. The van der Waals surface area contributed by atoms with Crippen molar-refractivity contribution in [1.29, 1.82) is 0 Å². The zero-order valence-corrected chi connectivity index (χ0v) is 12.9. The third-order valence-electron chi connectivity index (χ3n) is 3.67. The number of ether oxygens (including phenoxy) is 1. The van der Waals surface area contributed by atoms with Crippen LogP contribution in [0.3, 0.4) is 0 Å². The maximum Gasteiger partial charge on any atom is 0.410 e. The van der Waals surface area contributed by atoms with Crippen LogP contribution < -0.4 is 0 Å². The minimum atomic E-state index is -0.563. The van der Waals surface area contributed by atoms with Gasteiger partial charge >= 0.3 is 6.09 Å². The van der Waals surface area contributed by atoms with Crippen LogP contribution in [0.4, 0.5) is 13.6 Å². The molecule has 21 heavy (non-hydrogen) atoms. The number of hydrogen-bond acceptors (Lipinski definition) is 2. The molecule has 1 aliphatic carbocycles. The summed E-state index contributed by atoms with van der Waals surface area (Å²) in [6.45, 7) is 5.41. The summed E-state index contributed by atoms with van der Waals surface area (Å²) in [6, 6.07) is 2.14. The Morgan fingerprint density at radius 2 is 2.00 bits per heavy atom. The second kappa shape index (κ2) is 5.62. The maximum atomic E-state index is 13.9. The van der Waals surface area contributed by atoms with Crippen molar-refractivity contribution in [3.8, 4) is 0 Å². The lowest BCUT2D eigenvalue weighted by molar-refractivity contribution is 0.0209. The minimum Gasteiger partial charge on any atom is -0.444 e. The van der Waals surface area contributed by atoms with Crippen LogP contribution in [-0.4, -0.2) is 29.7 Å². The van der Waals surface area contributed by atoms with E-state index in [2.05, 4.69) is 0 Å². The third-order valence-corrected chi connectivity index (χ3v) is 3.67. The Labute approximate surface area is 123 Å². The molecule has 0 heterocycles. The smallest absolute Gasteiger partial charge is 0.410 e. The van der Waals surface area contributed by atoms with E-state index in [0.29, 0.717) is 30.4 Å². The highest BCUT2D eigenvalue weighted by atomic mass is 19.1. The molecule has 3 nitrogen and oxygen atoms in total. The predicted octanol–water partition coefficient (Wildman–Crippen LogP) is 3.69. The van der Waals surface area contributed by atoms with Gasteiger partial charge < -0.3 is 9.64 Å². The molecule has 0 saturated carbocycles. The standard InChI is InChI=1S/C16H21F2NO2/c1-16(2,3)21-15(20)19(4)12-6-5-10-7-11(17)8-14(18)13(10)9-12/h7-8,12H,5-6,9H2,1-4H3. The zero-order chi connectivity index (χ0) is 15.8. The van der Waals surface area contributed by atoms with Gasteiger partial charge in [-0.05, 0) is 57.2 Å². The van der Waals surface area contributed by atoms with Crippen molar-refractivity contribution in [2.75, 3.05) is 7.05 Å². The van der Waals surface area contributed by atoms with Crippen molar-refractivity contribution in [2.24, 2.45) is 0 Å². The molecule has 1 aliphatic rings. The molecule has 0 aromatic heterocycles. The zero-order valence-electron chi connectivity index (χ0n) is 12.9. The van der Waals surface area contributed by atoms with Crippen LogP contribution in [0.1, 0.15) is 38.3 Å².